The zero-order valence-electron chi connectivity index (χ0n) is 13.2. The summed E-state index contributed by atoms with van der Waals surface area (Å²) >= 11 is 0. The van der Waals surface area contributed by atoms with Gasteiger partial charge in [-0.15, -0.1) is 0 Å². The normalized spacial score (nSPS) is 21.5. The second-order valence-electron chi connectivity index (χ2n) is 6.46. The van der Waals surface area contributed by atoms with Gasteiger partial charge in [0.05, 0.1) is 12.7 Å². The Bertz CT molecular complexity index is 651. The van der Waals surface area contributed by atoms with E-state index < -0.39 is 0 Å². The van der Waals surface area contributed by atoms with E-state index in [0.29, 0.717) is 6.04 Å². The molecular formula is C18H23N3O. The molecule has 4 rings (SSSR count). The topological polar surface area (TPSA) is 32.5 Å². The second kappa shape index (κ2) is 5.76. The number of anilines is 1. The largest absolute Gasteiger partial charge is 0.445 e. The zero-order chi connectivity index (χ0) is 14.9. The van der Waals surface area contributed by atoms with Crippen LogP contribution < -0.4 is 4.90 Å². The molecule has 0 saturated carbocycles. The van der Waals surface area contributed by atoms with Gasteiger partial charge in [-0.25, -0.2) is 4.98 Å². The first-order valence-electron chi connectivity index (χ1n) is 8.28. The average molecular weight is 297 g/mol. The minimum Gasteiger partial charge on any atom is -0.445 e. The molecule has 0 bridgehead atoms. The third-order valence-electron chi connectivity index (χ3n) is 4.92. The molecule has 3 heterocycles. The Balaban J connectivity index is 1.44. The third-order valence-corrected chi connectivity index (χ3v) is 4.92. The molecule has 116 valence electrons. The highest BCUT2D eigenvalue weighted by atomic mass is 16.4. The average Bonchev–Trinajstić information content (AvgIpc) is 3.23. The van der Waals surface area contributed by atoms with Crippen molar-refractivity contribution < 1.29 is 4.42 Å². The van der Waals surface area contributed by atoms with Crippen molar-refractivity contribution >= 4 is 5.69 Å². The fraction of sp³-hybridized carbons (Fsp3) is 0.500. The molecule has 4 nitrogen and oxygen atoms in total. The molecule has 4 heteroatoms. The maximum absolute atomic E-state index is 5.65. The van der Waals surface area contributed by atoms with Crippen LogP contribution in [0.15, 0.2) is 34.9 Å². The van der Waals surface area contributed by atoms with E-state index in [4.69, 9.17) is 4.42 Å². The Morgan fingerprint density at radius 3 is 3.05 bits per heavy atom. The molecule has 0 amide bonds. The van der Waals surface area contributed by atoms with Gasteiger partial charge in [0.25, 0.3) is 0 Å². The number of nitrogens with zero attached hydrogens (tertiary/aromatic N) is 3. The molecule has 0 spiro atoms. The summed E-state index contributed by atoms with van der Waals surface area (Å²) in [5, 5.41) is 0. The van der Waals surface area contributed by atoms with E-state index in [2.05, 4.69) is 39.0 Å². The lowest BCUT2D eigenvalue weighted by Gasteiger charge is -2.29. The highest BCUT2D eigenvalue weighted by molar-refractivity contribution is 5.57. The summed E-state index contributed by atoms with van der Waals surface area (Å²) in [7, 11) is 0. The maximum atomic E-state index is 5.65. The molecule has 1 unspecified atom stereocenters. The van der Waals surface area contributed by atoms with Crippen molar-refractivity contribution in [3.63, 3.8) is 0 Å². The minimum absolute atomic E-state index is 0.610. The first-order valence-corrected chi connectivity index (χ1v) is 8.28. The number of aryl methyl sites for hydroxylation is 1. The number of oxazole rings is 1. The van der Waals surface area contributed by atoms with Crippen molar-refractivity contribution in [1.82, 2.24) is 9.88 Å². The Kier molecular flexibility index (Phi) is 3.62. The van der Waals surface area contributed by atoms with Crippen LogP contribution in [0, 0.1) is 6.92 Å². The van der Waals surface area contributed by atoms with Gasteiger partial charge in [0.2, 0.25) is 5.89 Å². The first-order chi connectivity index (χ1) is 10.8. The van der Waals surface area contributed by atoms with Crippen LogP contribution in [0.4, 0.5) is 5.69 Å². The van der Waals surface area contributed by atoms with E-state index in [1.807, 2.05) is 13.1 Å². The Hall–Kier alpha value is -1.81. The lowest BCUT2D eigenvalue weighted by Crippen LogP contribution is -2.39. The predicted octanol–water partition coefficient (Wildman–Crippen LogP) is 3.01. The molecule has 1 saturated heterocycles. The first kappa shape index (κ1) is 13.8. The molecule has 22 heavy (non-hydrogen) atoms. The second-order valence-corrected chi connectivity index (χ2v) is 6.46. The Morgan fingerprint density at radius 1 is 1.27 bits per heavy atom. The molecule has 1 aromatic heterocycles. The monoisotopic (exact) mass is 297 g/mol. The molecule has 2 aromatic rings. The van der Waals surface area contributed by atoms with Crippen molar-refractivity contribution in [2.75, 3.05) is 24.5 Å². The van der Waals surface area contributed by atoms with E-state index in [0.717, 1.165) is 37.8 Å². The van der Waals surface area contributed by atoms with Crippen LogP contribution in [-0.2, 0) is 13.0 Å². The highest BCUT2D eigenvalue weighted by Crippen LogP contribution is 2.30. The standard InChI is InChI=1S/C18H23N3O/c1-14-11-19-18(22-14)13-20-9-4-6-16(20)12-21-10-8-15-5-2-3-7-17(15)21/h2-3,5,7,11,16H,4,6,8-10,12-13H2,1H3. The van der Waals surface area contributed by atoms with Gasteiger partial charge >= 0.3 is 0 Å². The number of likely N-dealkylation sites (tertiary alicyclic amines) is 1. The Labute approximate surface area is 131 Å². The molecular weight excluding hydrogens is 274 g/mol. The van der Waals surface area contributed by atoms with E-state index in [1.165, 1.54) is 30.5 Å². The van der Waals surface area contributed by atoms with Gasteiger partial charge in [-0.05, 0) is 44.4 Å². The van der Waals surface area contributed by atoms with E-state index in [-0.39, 0.29) is 0 Å². The fourth-order valence-electron chi connectivity index (χ4n) is 3.81. The summed E-state index contributed by atoms with van der Waals surface area (Å²) in [5.74, 6) is 1.76. The summed E-state index contributed by atoms with van der Waals surface area (Å²) in [6, 6.07) is 9.43. The van der Waals surface area contributed by atoms with Crippen LogP contribution in [0.5, 0.6) is 0 Å². The number of aromatic nitrogens is 1. The van der Waals surface area contributed by atoms with Crippen molar-refractivity contribution in [3.8, 4) is 0 Å². The van der Waals surface area contributed by atoms with Crippen LogP contribution in [-0.4, -0.2) is 35.6 Å². The third kappa shape index (κ3) is 2.63. The lowest BCUT2D eigenvalue weighted by molar-refractivity contribution is 0.222. The number of hydrogen-bond donors (Lipinski definition) is 0. The van der Waals surface area contributed by atoms with Crippen LogP contribution >= 0.6 is 0 Å². The number of para-hydroxylation sites is 1. The highest BCUT2D eigenvalue weighted by Gasteiger charge is 2.29. The number of fused-ring (bicyclic) bond motifs is 1. The summed E-state index contributed by atoms with van der Waals surface area (Å²) in [4.78, 5) is 9.45. The van der Waals surface area contributed by atoms with Gasteiger partial charge < -0.3 is 9.32 Å². The van der Waals surface area contributed by atoms with E-state index >= 15 is 0 Å². The number of benzene rings is 1. The van der Waals surface area contributed by atoms with Crippen LogP contribution in [0.3, 0.4) is 0 Å². The fourth-order valence-corrected chi connectivity index (χ4v) is 3.81. The van der Waals surface area contributed by atoms with Gasteiger partial charge in [0, 0.05) is 24.8 Å². The van der Waals surface area contributed by atoms with Gasteiger partial charge in [-0.2, -0.15) is 0 Å². The summed E-state index contributed by atoms with van der Waals surface area (Å²) < 4.78 is 5.65. The summed E-state index contributed by atoms with van der Waals surface area (Å²) in [6.07, 6.45) is 5.55. The summed E-state index contributed by atoms with van der Waals surface area (Å²) in [5.41, 5.74) is 2.93. The molecule has 1 aromatic carbocycles. The van der Waals surface area contributed by atoms with Gasteiger partial charge in [-0.1, -0.05) is 18.2 Å². The molecule has 0 radical (unpaired) electrons. The quantitative estimate of drug-likeness (QED) is 0.868. The Morgan fingerprint density at radius 2 is 2.18 bits per heavy atom. The number of rotatable bonds is 4. The maximum Gasteiger partial charge on any atom is 0.208 e. The molecule has 0 aliphatic carbocycles. The lowest BCUT2D eigenvalue weighted by atomic mass is 10.1. The van der Waals surface area contributed by atoms with Crippen molar-refractivity contribution in [1.29, 1.82) is 0 Å². The van der Waals surface area contributed by atoms with Crippen molar-refractivity contribution in [3.05, 3.63) is 47.7 Å². The van der Waals surface area contributed by atoms with Crippen molar-refractivity contribution in [2.24, 2.45) is 0 Å². The molecule has 2 aliphatic rings. The van der Waals surface area contributed by atoms with E-state index in [1.54, 1.807) is 0 Å². The minimum atomic E-state index is 0.610. The van der Waals surface area contributed by atoms with Gasteiger partial charge in [0.15, 0.2) is 0 Å². The predicted molar refractivity (Wildman–Crippen MR) is 87.0 cm³/mol. The van der Waals surface area contributed by atoms with Crippen LogP contribution in [0.2, 0.25) is 0 Å². The molecule has 0 N–H and O–H groups in total. The summed E-state index contributed by atoms with van der Waals surface area (Å²) in [6.45, 7) is 6.23. The van der Waals surface area contributed by atoms with E-state index in [9.17, 15) is 0 Å². The SMILES string of the molecule is Cc1cnc(CN2CCCC2CN2CCc3ccccc32)o1. The van der Waals surface area contributed by atoms with Crippen LogP contribution in [0.25, 0.3) is 0 Å². The van der Waals surface area contributed by atoms with Gasteiger partial charge in [0.1, 0.15) is 5.76 Å². The van der Waals surface area contributed by atoms with Crippen LogP contribution in [0.1, 0.15) is 30.1 Å². The molecule has 1 atom stereocenters. The zero-order valence-corrected chi connectivity index (χ0v) is 13.2. The molecule has 2 aliphatic heterocycles. The molecule has 1 fully saturated rings. The van der Waals surface area contributed by atoms with Crippen molar-refractivity contribution in [2.45, 2.75) is 38.8 Å². The van der Waals surface area contributed by atoms with Gasteiger partial charge in [-0.3, -0.25) is 4.90 Å². The number of hydrogen-bond acceptors (Lipinski definition) is 4. The smallest absolute Gasteiger partial charge is 0.208 e.